The summed E-state index contributed by atoms with van der Waals surface area (Å²) >= 11 is 1.74. The van der Waals surface area contributed by atoms with Gasteiger partial charge in [0, 0.05) is 50.0 Å². The van der Waals surface area contributed by atoms with Gasteiger partial charge in [-0.25, -0.2) is 0 Å². The van der Waals surface area contributed by atoms with Crippen LogP contribution in [0.25, 0.3) is 72.3 Å². The molecule has 0 saturated heterocycles. The second kappa shape index (κ2) is 12.0. The van der Waals surface area contributed by atoms with Crippen molar-refractivity contribution in [1.82, 2.24) is 4.98 Å². The maximum atomic E-state index is 4.66. The minimum atomic E-state index is 0.825. The van der Waals surface area contributed by atoms with Crippen molar-refractivity contribution in [2.45, 2.75) is 0 Å². The summed E-state index contributed by atoms with van der Waals surface area (Å²) in [6, 6.07) is 46.6. The van der Waals surface area contributed by atoms with E-state index in [0.717, 1.165) is 55.2 Å². The van der Waals surface area contributed by atoms with Gasteiger partial charge in [-0.3, -0.25) is 4.99 Å². The number of nitrogens with zero attached hydrogens (tertiary/aromatic N) is 1. The molecule has 5 aromatic carbocycles. The topological polar surface area (TPSA) is 28.1 Å². The molecule has 0 unspecified atom stereocenters. The Balaban J connectivity index is 1.46. The fourth-order valence-electron chi connectivity index (χ4n) is 6.05. The molecule has 7 rings (SSSR count). The molecule has 44 heavy (non-hydrogen) atoms. The highest BCUT2D eigenvalue weighted by molar-refractivity contribution is 7.14. The smallest absolute Gasteiger partial charge is 0.0788 e. The molecule has 0 amide bonds. The molecule has 210 valence electrons. The van der Waals surface area contributed by atoms with E-state index in [1.54, 1.807) is 11.3 Å². The predicted octanol–water partition coefficient (Wildman–Crippen LogP) is 12.1. The molecule has 0 bridgehead atoms. The Bertz CT molecular complexity index is 1920. The molecule has 0 saturated carbocycles. The van der Waals surface area contributed by atoms with Gasteiger partial charge in [0.1, 0.15) is 0 Å². The molecule has 0 spiro atoms. The lowest BCUT2D eigenvalue weighted by Gasteiger charge is -2.16. The van der Waals surface area contributed by atoms with Gasteiger partial charge in [0.2, 0.25) is 0 Å². The van der Waals surface area contributed by atoms with Crippen molar-refractivity contribution in [3.63, 3.8) is 0 Å². The SMILES string of the molecule is C=Cc1c(-c2[nH]cc(-c3ccccc3)c2-c2ccccc2)ccc(-c2scc(-c3ccccc3)c2-c2ccccc2)c1N=C. The van der Waals surface area contributed by atoms with Gasteiger partial charge in [-0.2, -0.15) is 0 Å². The Morgan fingerprint density at radius 3 is 1.59 bits per heavy atom. The van der Waals surface area contributed by atoms with E-state index in [2.05, 4.69) is 162 Å². The van der Waals surface area contributed by atoms with Crippen molar-refractivity contribution in [2.24, 2.45) is 4.99 Å². The van der Waals surface area contributed by atoms with Crippen LogP contribution in [0.1, 0.15) is 5.56 Å². The zero-order chi connectivity index (χ0) is 29.9. The van der Waals surface area contributed by atoms with Crippen LogP contribution in [0, 0.1) is 0 Å². The van der Waals surface area contributed by atoms with Crippen LogP contribution in [0.5, 0.6) is 0 Å². The van der Waals surface area contributed by atoms with E-state index >= 15 is 0 Å². The van der Waals surface area contributed by atoms with Gasteiger partial charge in [0.15, 0.2) is 0 Å². The first-order valence-electron chi connectivity index (χ1n) is 14.6. The molecule has 7 aromatic rings. The highest BCUT2D eigenvalue weighted by Gasteiger charge is 2.23. The first kappa shape index (κ1) is 27.3. The summed E-state index contributed by atoms with van der Waals surface area (Å²) in [6.07, 6.45) is 4.02. The van der Waals surface area contributed by atoms with Crippen LogP contribution >= 0.6 is 11.3 Å². The fourth-order valence-corrected chi connectivity index (χ4v) is 7.18. The van der Waals surface area contributed by atoms with Gasteiger partial charge in [-0.05, 0) is 34.4 Å². The standard InChI is InChI=1S/C41H30N2S/c1-3-32-33(40-37(30-20-12-6-13-21-30)35(26-43-40)28-16-8-4-9-17-28)24-25-34(39(32)42-2)41-38(31-22-14-7-15-23-31)36(27-44-41)29-18-10-5-11-19-29/h3-27,43H,1-2H2. The van der Waals surface area contributed by atoms with Gasteiger partial charge in [0.25, 0.3) is 0 Å². The Hall–Kier alpha value is -5.51. The van der Waals surface area contributed by atoms with Crippen molar-refractivity contribution in [2.75, 3.05) is 0 Å². The highest BCUT2D eigenvalue weighted by Crippen LogP contribution is 2.50. The summed E-state index contributed by atoms with van der Waals surface area (Å²) in [5, 5.41) is 2.26. The van der Waals surface area contributed by atoms with Gasteiger partial charge < -0.3 is 4.98 Å². The van der Waals surface area contributed by atoms with E-state index in [-0.39, 0.29) is 0 Å². The molecule has 0 aliphatic rings. The number of aliphatic imine (C=N–C) groups is 1. The zero-order valence-corrected chi connectivity index (χ0v) is 25.0. The van der Waals surface area contributed by atoms with Crippen LogP contribution < -0.4 is 0 Å². The largest absolute Gasteiger partial charge is 0.360 e. The maximum absolute atomic E-state index is 4.66. The molecule has 1 N–H and O–H groups in total. The van der Waals surface area contributed by atoms with Crippen LogP contribution in [-0.2, 0) is 0 Å². The Kier molecular flexibility index (Phi) is 7.46. The summed E-state index contributed by atoms with van der Waals surface area (Å²) in [5.41, 5.74) is 14.3. The van der Waals surface area contributed by atoms with E-state index in [1.165, 1.54) is 22.3 Å². The van der Waals surface area contributed by atoms with Gasteiger partial charge in [0.05, 0.1) is 11.4 Å². The third-order valence-electron chi connectivity index (χ3n) is 8.06. The van der Waals surface area contributed by atoms with Crippen molar-refractivity contribution in [3.05, 3.63) is 157 Å². The molecule has 2 heterocycles. The number of hydrogen-bond acceptors (Lipinski definition) is 2. The summed E-state index contributed by atoms with van der Waals surface area (Å²) < 4.78 is 0. The molecular formula is C41H30N2S. The van der Waals surface area contributed by atoms with Crippen molar-refractivity contribution in [1.29, 1.82) is 0 Å². The van der Waals surface area contributed by atoms with Crippen molar-refractivity contribution < 1.29 is 0 Å². The normalized spacial score (nSPS) is 10.9. The highest BCUT2D eigenvalue weighted by atomic mass is 32.1. The fraction of sp³-hybridized carbons (Fsp3) is 0. The molecule has 0 radical (unpaired) electrons. The molecule has 0 fully saturated rings. The number of aromatic amines is 1. The Labute approximate surface area is 262 Å². The minimum absolute atomic E-state index is 0.825. The summed E-state index contributed by atoms with van der Waals surface area (Å²) in [7, 11) is 0. The van der Waals surface area contributed by atoms with Crippen molar-refractivity contribution in [3.8, 4) is 66.2 Å². The minimum Gasteiger partial charge on any atom is -0.360 e. The number of hydrogen-bond donors (Lipinski definition) is 1. The zero-order valence-electron chi connectivity index (χ0n) is 24.2. The first-order valence-corrected chi connectivity index (χ1v) is 15.5. The van der Waals surface area contributed by atoms with E-state index in [4.69, 9.17) is 0 Å². The van der Waals surface area contributed by atoms with Crippen molar-refractivity contribution >= 4 is 29.8 Å². The number of aromatic nitrogens is 1. The third kappa shape index (κ3) is 4.84. The third-order valence-corrected chi connectivity index (χ3v) is 9.07. The Morgan fingerprint density at radius 1 is 0.545 bits per heavy atom. The average Bonchev–Trinajstić information content (AvgIpc) is 3.75. The van der Waals surface area contributed by atoms with E-state index in [9.17, 15) is 0 Å². The van der Waals surface area contributed by atoms with E-state index in [0.29, 0.717) is 0 Å². The molecule has 0 aliphatic heterocycles. The summed E-state index contributed by atoms with van der Waals surface area (Å²) in [4.78, 5) is 9.45. The lowest BCUT2D eigenvalue weighted by atomic mass is 9.89. The molecule has 3 heteroatoms. The average molecular weight is 583 g/mol. The first-order chi connectivity index (χ1) is 21.8. The van der Waals surface area contributed by atoms with Crippen LogP contribution in [0.15, 0.2) is 157 Å². The number of H-pyrrole nitrogens is 1. The van der Waals surface area contributed by atoms with Crippen LogP contribution in [0.2, 0.25) is 0 Å². The number of nitrogens with one attached hydrogen (secondary N) is 1. The monoisotopic (exact) mass is 582 g/mol. The van der Waals surface area contributed by atoms with Crippen LogP contribution in [0.4, 0.5) is 5.69 Å². The molecule has 2 nitrogen and oxygen atoms in total. The summed E-state index contributed by atoms with van der Waals surface area (Å²) in [5.74, 6) is 0. The van der Waals surface area contributed by atoms with E-state index in [1.807, 2.05) is 12.1 Å². The van der Waals surface area contributed by atoms with E-state index < -0.39 is 0 Å². The predicted molar refractivity (Wildman–Crippen MR) is 191 cm³/mol. The molecular weight excluding hydrogens is 553 g/mol. The number of rotatable bonds is 8. The van der Waals surface area contributed by atoms with Gasteiger partial charge >= 0.3 is 0 Å². The van der Waals surface area contributed by atoms with Gasteiger partial charge in [-0.1, -0.05) is 146 Å². The quantitative estimate of drug-likeness (QED) is 0.173. The second-order valence-electron chi connectivity index (χ2n) is 10.6. The lowest BCUT2D eigenvalue weighted by Crippen LogP contribution is -1.91. The number of thiophene rings is 1. The second-order valence-corrected chi connectivity index (χ2v) is 11.4. The maximum Gasteiger partial charge on any atom is 0.0788 e. The Morgan fingerprint density at radius 2 is 1.05 bits per heavy atom. The lowest BCUT2D eigenvalue weighted by molar-refractivity contribution is 1.39. The summed E-state index contributed by atoms with van der Waals surface area (Å²) in [6.45, 7) is 8.32. The molecule has 2 aromatic heterocycles. The number of benzene rings is 5. The molecule has 0 atom stereocenters. The van der Waals surface area contributed by atoms with Crippen LogP contribution in [0.3, 0.4) is 0 Å². The van der Waals surface area contributed by atoms with Crippen LogP contribution in [-0.4, -0.2) is 11.7 Å². The molecule has 0 aliphatic carbocycles. The van der Waals surface area contributed by atoms with Gasteiger partial charge in [-0.15, -0.1) is 11.3 Å².